The molecule has 0 aromatic carbocycles. The van der Waals surface area contributed by atoms with Crippen molar-refractivity contribution in [1.82, 2.24) is 0 Å². The fourth-order valence-corrected chi connectivity index (χ4v) is 1.22. The Morgan fingerprint density at radius 1 is 1.36 bits per heavy atom. The minimum Gasteiger partial charge on any atom is -0.369 e. The van der Waals surface area contributed by atoms with Gasteiger partial charge >= 0.3 is 0 Å². The highest BCUT2D eigenvalue weighted by Gasteiger charge is 2.11. The van der Waals surface area contributed by atoms with E-state index in [0.29, 0.717) is 0 Å². The monoisotopic (exact) mass is 151 g/mol. The van der Waals surface area contributed by atoms with E-state index in [2.05, 4.69) is 11.8 Å². The fourth-order valence-electron chi connectivity index (χ4n) is 1.22. The first kappa shape index (κ1) is 8.13. The molecule has 0 heterocycles. The van der Waals surface area contributed by atoms with Gasteiger partial charge in [0.25, 0.3) is 0 Å². The van der Waals surface area contributed by atoms with Crippen molar-refractivity contribution in [1.29, 1.82) is 0 Å². The third-order valence-electron chi connectivity index (χ3n) is 1.91. The summed E-state index contributed by atoms with van der Waals surface area (Å²) in [7, 11) is 0. The average Bonchev–Trinajstić information content (AvgIpc) is 1.84. The molecule has 11 heavy (non-hydrogen) atoms. The molecule has 1 atom stereocenters. The molecule has 0 aliphatic heterocycles. The maximum Gasteiger partial charge on any atom is 0.232 e. The van der Waals surface area contributed by atoms with E-state index in [1.165, 1.54) is 12.8 Å². The molecule has 0 spiro atoms. The van der Waals surface area contributed by atoms with Crippen LogP contribution in [0.15, 0.2) is 0 Å². The molecule has 0 radical (unpaired) electrons. The summed E-state index contributed by atoms with van der Waals surface area (Å²) in [6, 6.07) is 0. The second kappa shape index (κ2) is 4.02. The summed E-state index contributed by atoms with van der Waals surface area (Å²) in [5.41, 5.74) is 5.15. The smallest absolute Gasteiger partial charge is 0.232 e. The Kier molecular flexibility index (Phi) is 2.97. The van der Waals surface area contributed by atoms with E-state index in [9.17, 15) is 4.79 Å². The van der Waals surface area contributed by atoms with Crippen LogP contribution in [0.2, 0.25) is 0 Å². The van der Waals surface area contributed by atoms with Gasteiger partial charge in [-0.25, -0.2) is 0 Å². The minimum absolute atomic E-state index is 0.185. The van der Waals surface area contributed by atoms with Crippen LogP contribution in [0.5, 0.6) is 0 Å². The Morgan fingerprint density at radius 2 is 2.18 bits per heavy atom. The quantitative estimate of drug-likeness (QED) is 0.559. The highest BCUT2D eigenvalue weighted by molar-refractivity contribution is 5.79. The van der Waals surface area contributed by atoms with Crippen LogP contribution in [-0.4, -0.2) is 5.91 Å². The maximum atomic E-state index is 10.7. The van der Waals surface area contributed by atoms with Crippen LogP contribution in [0.25, 0.3) is 0 Å². The molecule has 1 aliphatic carbocycles. The van der Waals surface area contributed by atoms with Crippen LogP contribution in [0.1, 0.15) is 32.1 Å². The summed E-state index contributed by atoms with van der Waals surface area (Å²) in [4.78, 5) is 10.7. The first-order valence-electron chi connectivity index (χ1n) is 4.08. The van der Waals surface area contributed by atoms with Crippen LogP contribution < -0.4 is 5.73 Å². The second-order valence-electron chi connectivity index (χ2n) is 2.88. The van der Waals surface area contributed by atoms with E-state index in [-0.39, 0.29) is 11.8 Å². The van der Waals surface area contributed by atoms with Gasteiger partial charge in [-0.1, -0.05) is 18.8 Å². The summed E-state index contributed by atoms with van der Waals surface area (Å²) < 4.78 is 0. The Bertz CT molecular complexity index is 199. The highest BCUT2D eigenvalue weighted by atomic mass is 16.1. The summed E-state index contributed by atoms with van der Waals surface area (Å²) in [5.74, 6) is 5.41. The Hall–Kier alpha value is -0.970. The van der Waals surface area contributed by atoms with E-state index < -0.39 is 0 Å². The average molecular weight is 151 g/mol. The third-order valence-corrected chi connectivity index (χ3v) is 1.91. The van der Waals surface area contributed by atoms with E-state index >= 15 is 0 Å². The van der Waals surface area contributed by atoms with Crippen molar-refractivity contribution in [3.63, 3.8) is 0 Å². The van der Waals surface area contributed by atoms with Crippen molar-refractivity contribution < 1.29 is 4.79 Å². The molecule has 1 amide bonds. The van der Waals surface area contributed by atoms with Crippen molar-refractivity contribution in [3.8, 4) is 11.8 Å². The van der Waals surface area contributed by atoms with Crippen LogP contribution in [0.3, 0.4) is 0 Å². The summed E-state index contributed by atoms with van der Waals surface area (Å²) in [5, 5.41) is 0. The lowest BCUT2D eigenvalue weighted by atomic mass is 9.98. The zero-order chi connectivity index (χ0) is 8.10. The largest absolute Gasteiger partial charge is 0.369 e. The topological polar surface area (TPSA) is 43.1 Å². The molecular weight excluding hydrogens is 138 g/mol. The first-order valence-corrected chi connectivity index (χ1v) is 4.08. The first-order chi connectivity index (χ1) is 5.30. The molecule has 0 fully saturated rings. The van der Waals surface area contributed by atoms with Gasteiger partial charge in [-0.05, 0) is 12.8 Å². The minimum atomic E-state index is -0.264. The van der Waals surface area contributed by atoms with Crippen LogP contribution in [0, 0.1) is 17.8 Å². The Morgan fingerprint density at radius 3 is 2.91 bits per heavy atom. The summed E-state index contributed by atoms with van der Waals surface area (Å²) >= 11 is 0. The zero-order valence-corrected chi connectivity index (χ0v) is 6.60. The zero-order valence-electron chi connectivity index (χ0n) is 6.60. The number of carbonyl (C=O) groups excluding carboxylic acids is 1. The van der Waals surface area contributed by atoms with Crippen molar-refractivity contribution in [3.05, 3.63) is 0 Å². The molecule has 0 aromatic heterocycles. The molecule has 1 aliphatic rings. The standard InChI is InChI=1S/C9H13NO/c10-9(11)8-6-4-2-1-3-5-7-8/h8H,1-4,6H2,(H2,10,11). The van der Waals surface area contributed by atoms with Gasteiger partial charge in [-0.15, -0.1) is 5.92 Å². The summed E-state index contributed by atoms with van der Waals surface area (Å²) in [6.07, 6.45) is 5.20. The van der Waals surface area contributed by atoms with E-state index in [1.807, 2.05) is 0 Å². The van der Waals surface area contributed by atoms with Gasteiger partial charge in [0.05, 0.1) is 5.92 Å². The van der Waals surface area contributed by atoms with Crippen molar-refractivity contribution in [2.45, 2.75) is 32.1 Å². The van der Waals surface area contributed by atoms with Crippen LogP contribution in [0.4, 0.5) is 0 Å². The van der Waals surface area contributed by atoms with Crippen LogP contribution in [-0.2, 0) is 4.79 Å². The second-order valence-corrected chi connectivity index (χ2v) is 2.88. The number of hydrogen-bond donors (Lipinski definition) is 1. The molecule has 2 heteroatoms. The molecular formula is C9H13NO. The molecule has 0 saturated carbocycles. The maximum absolute atomic E-state index is 10.7. The highest BCUT2D eigenvalue weighted by Crippen LogP contribution is 2.12. The van der Waals surface area contributed by atoms with Crippen molar-refractivity contribution in [2.24, 2.45) is 11.7 Å². The molecule has 0 aromatic rings. The molecule has 2 N–H and O–H groups in total. The van der Waals surface area contributed by atoms with Gasteiger partial charge in [0, 0.05) is 6.42 Å². The lowest BCUT2D eigenvalue weighted by Crippen LogP contribution is -2.22. The lowest BCUT2D eigenvalue weighted by Gasteiger charge is -2.07. The normalized spacial score (nSPS) is 24.2. The van der Waals surface area contributed by atoms with Crippen molar-refractivity contribution >= 4 is 5.91 Å². The molecule has 0 saturated heterocycles. The van der Waals surface area contributed by atoms with Gasteiger partial charge < -0.3 is 5.73 Å². The predicted molar refractivity (Wildman–Crippen MR) is 43.5 cm³/mol. The number of hydrogen-bond acceptors (Lipinski definition) is 1. The molecule has 1 unspecified atom stereocenters. The van der Waals surface area contributed by atoms with Gasteiger partial charge in [0.1, 0.15) is 0 Å². The van der Waals surface area contributed by atoms with Gasteiger partial charge in [0.15, 0.2) is 0 Å². The number of rotatable bonds is 1. The van der Waals surface area contributed by atoms with E-state index in [0.717, 1.165) is 19.3 Å². The summed E-state index contributed by atoms with van der Waals surface area (Å²) in [6.45, 7) is 0. The van der Waals surface area contributed by atoms with Gasteiger partial charge in [-0.2, -0.15) is 0 Å². The van der Waals surface area contributed by atoms with Gasteiger partial charge in [-0.3, -0.25) is 4.79 Å². The predicted octanol–water partition coefficient (Wildman–Crippen LogP) is 1.06. The SMILES string of the molecule is NC(=O)C1C#CCCCCC1. The van der Waals surface area contributed by atoms with E-state index in [1.54, 1.807) is 0 Å². The van der Waals surface area contributed by atoms with Gasteiger partial charge in [0.2, 0.25) is 5.91 Å². The Balaban J connectivity index is 2.54. The molecule has 0 bridgehead atoms. The molecule has 60 valence electrons. The number of amides is 1. The molecule has 1 rings (SSSR count). The van der Waals surface area contributed by atoms with E-state index in [4.69, 9.17) is 5.73 Å². The number of primary amides is 1. The number of carbonyl (C=O) groups is 1. The van der Waals surface area contributed by atoms with Crippen LogP contribution >= 0.6 is 0 Å². The van der Waals surface area contributed by atoms with Crippen molar-refractivity contribution in [2.75, 3.05) is 0 Å². The molecule has 2 nitrogen and oxygen atoms in total. The Labute approximate surface area is 67.2 Å². The lowest BCUT2D eigenvalue weighted by molar-refractivity contribution is -0.120. The fraction of sp³-hybridized carbons (Fsp3) is 0.667. The third kappa shape index (κ3) is 2.63. The number of nitrogens with two attached hydrogens (primary N) is 1.